The van der Waals surface area contributed by atoms with Gasteiger partial charge in [0.05, 0.1) is 5.54 Å². The van der Waals surface area contributed by atoms with E-state index in [0.717, 1.165) is 12.4 Å². The highest BCUT2D eigenvalue weighted by atomic mass is 15.3. The highest BCUT2D eigenvalue weighted by molar-refractivity contribution is 5.11. The monoisotopic (exact) mass is 248 g/mol. The van der Waals surface area contributed by atoms with Crippen molar-refractivity contribution in [3.63, 3.8) is 0 Å². The summed E-state index contributed by atoms with van der Waals surface area (Å²) in [6.45, 7) is 5.50. The second-order valence-corrected chi connectivity index (χ2v) is 6.10. The van der Waals surface area contributed by atoms with Gasteiger partial charge in [-0.05, 0) is 52.5 Å². The molecule has 0 bridgehead atoms. The largest absolute Gasteiger partial charge is 0.311 e. The topological polar surface area (TPSA) is 42.7 Å². The minimum Gasteiger partial charge on any atom is -0.311 e. The van der Waals surface area contributed by atoms with Crippen molar-refractivity contribution in [3.8, 4) is 0 Å². The molecule has 1 aromatic heterocycles. The lowest BCUT2D eigenvalue weighted by atomic mass is 9.89. The molecule has 2 aliphatic rings. The Morgan fingerprint density at radius 1 is 1.17 bits per heavy atom. The predicted octanol–water partition coefficient (Wildman–Crippen LogP) is 2.69. The second kappa shape index (κ2) is 4.65. The number of aryl methyl sites for hydroxylation is 1. The molecule has 0 radical (unpaired) electrons. The SMILES string of the molecule is Cc1nnc(C2(C)CCCCN2)n1C1CCCC1. The highest BCUT2D eigenvalue weighted by Gasteiger charge is 2.36. The lowest BCUT2D eigenvalue weighted by Crippen LogP contribution is -2.45. The molecule has 1 saturated heterocycles. The molecule has 2 heterocycles. The minimum atomic E-state index is 0.0299. The molecule has 1 aromatic rings. The number of nitrogens with one attached hydrogen (secondary N) is 1. The fraction of sp³-hybridized carbons (Fsp3) is 0.857. The van der Waals surface area contributed by atoms with Crippen LogP contribution in [0.5, 0.6) is 0 Å². The molecule has 4 heteroatoms. The van der Waals surface area contributed by atoms with E-state index in [-0.39, 0.29) is 5.54 Å². The van der Waals surface area contributed by atoms with E-state index in [2.05, 4.69) is 33.9 Å². The molecular weight excluding hydrogens is 224 g/mol. The fourth-order valence-corrected chi connectivity index (χ4v) is 3.59. The quantitative estimate of drug-likeness (QED) is 0.875. The van der Waals surface area contributed by atoms with Crippen LogP contribution in [0.1, 0.15) is 69.6 Å². The van der Waals surface area contributed by atoms with Gasteiger partial charge < -0.3 is 9.88 Å². The second-order valence-electron chi connectivity index (χ2n) is 6.10. The summed E-state index contributed by atoms with van der Waals surface area (Å²) in [6, 6.07) is 0.635. The number of rotatable bonds is 2. The van der Waals surface area contributed by atoms with E-state index < -0.39 is 0 Å². The van der Waals surface area contributed by atoms with Gasteiger partial charge in [0.25, 0.3) is 0 Å². The minimum absolute atomic E-state index is 0.0299. The summed E-state index contributed by atoms with van der Waals surface area (Å²) in [6.07, 6.45) is 9.05. The van der Waals surface area contributed by atoms with E-state index in [4.69, 9.17) is 0 Å². The standard InChI is InChI=1S/C14H24N4/c1-11-16-17-13(14(2)9-5-6-10-15-14)18(11)12-7-3-4-8-12/h12,15H,3-10H2,1-2H3. The van der Waals surface area contributed by atoms with Gasteiger partial charge in [0.1, 0.15) is 5.82 Å². The maximum absolute atomic E-state index is 4.51. The van der Waals surface area contributed by atoms with Crippen molar-refractivity contribution in [2.24, 2.45) is 0 Å². The van der Waals surface area contributed by atoms with Gasteiger partial charge in [0.2, 0.25) is 0 Å². The zero-order valence-electron chi connectivity index (χ0n) is 11.6. The van der Waals surface area contributed by atoms with Crippen LogP contribution in [0.15, 0.2) is 0 Å². The molecule has 100 valence electrons. The van der Waals surface area contributed by atoms with E-state index in [1.165, 1.54) is 50.8 Å². The Labute approximate surface area is 109 Å². The van der Waals surface area contributed by atoms with Gasteiger partial charge >= 0.3 is 0 Å². The molecule has 0 amide bonds. The maximum Gasteiger partial charge on any atom is 0.153 e. The molecule has 18 heavy (non-hydrogen) atoms. The van der Waals surface area contributed by atoms with Crippen LogP contribution in [0, 0.1) is 6.92 Å². The molecule has 4 nitrogen and oxygen atoms in total. The number of hydrogen-bond acceptors (Lipinski definition) is 3. The average Bonchev–Trinajstić information content (AvgIpc) is 2.98. The maximum atomic E-state index is 4.51. The van der Waals surface area contributed by atoms with Crippen molar-refractivity contribution >= 4 is 0 Å². The average molecular weight is 248 g/mol. The van der Waals surface area contributed by atoms with Crippen LogP contribution in [0.2, 0.25) is 0 Å². The smallest absolute Gasteiger partial charge is 0.153 e. The fourth-order valence-electron chi connectivity index (χ4n) is 3.59. The van der Waals surface area contributed by atoms with Crippen molar-refractivity contribution in [2.75, 3.05) is 6.54 Å². The van der Waals surface area contributed by atoms with Crippen LogP contribution in [0.25, 0.3) is 0 Å². The first-order chi connectivity index (χ1) is 8.71. The van der Waals surface area contributed by atoms with Crippen molar-refractivity contribution in [2.45, 2.75) is 70.4 Å². The Balaban J connectivity index is 1.96. The van der Waals surface area contributed by atoms with Crippen LogP contribution in [-0.4, -0.2) is 21.3 Å². The number of nitrogens with zero attached hydrogens (tertiary/aromatic N) is 3. The molecule has 1 saturated carbocycles. The Morgan fingerprint density at radius 2 is 1.94 bits per heavy atom. The summed E-state index contributed by atoms with van der Waals surface area (Å²) in [7, 11) is 0. The summed E-state index contributed by atoms with van der Waals surface area (Å²) in [4.78, 5) is 0. The molecule has 1 atom stereocenters. The number of hydrogen-bond donors (Lipinski definition) is 1. The van der Waals surface area contributed by atoms with Gasteiger partial charge in [-0.3, -0.25) is 0 Å². The molecule has 0 aromatic carbocycles. The van der Waals surface area contributed by atoms with Crippen LogP contribution in [-0.2, 0) is 5.54 Å². The third-order valence-electron chi connectivity index (χ3n) is 4.67. The molecule has 2 fully saturated rings. The van der Waals surface area contributed by atoms with Crippen LogP contribution in [0.3, 0.4) is 0 Å². The third-order valence-corrected chi connectivity index (χ3v) is 4.67. The van der Waals surface area contributed by atoms with E-state index in [1.54, 1.807) is 0 Å². The van der Waals surface area contributed by atoms with Crippen LogP contribution in [0.4, 0.5) is 0 Å². The Kier molecular flexibility index (Phi) is 3.14. The number of piperidine rings is 1. The first-order valence-corrected chi connectivity index (χ1v) is 7.38. The van der Waals surface area contributed by atoms with Gasteiger partial charge in [-0.15, -0.1) is 10.2 Å². The molecule has 0 spiro atoms. The summed E-state index contributed by atoms with van der Waals surface area (Å²) in [5, 5.41) is 12.5. The third kappa shape index (κ3) is 1.96. The van der Waals surface area contributed by atoms with E-state index in [9.17, 15) is 0 Å². The first-order valence-electron chi connectivity index (χ1n) is 7.38. The molecule has 1 aliphatic carbocycles. The zero-order chi connectivity index (χ0) is 12.6. The lowest BCUT2D eigenvalue weighted by molar-refractivity contribution is 0.252. The lowest BCUT2D eigenvalue weighted by Gasteiger charge is -2.35. The summed E-state index contributed by atoms with van der Waals surface area (Å²) < 4.78 is 2.42. The van der Waals surface area contributed by atoms with Gasteiger partial charge in [0.15, 0.2) is 5.82 Å². The molecule has 3 rings (SSSR count). The van der Waals surface area contributed by atoms with Gasteiger partial charge in [-0.2, -0.15) is 0 Å². The van der Waals surface area contributed by atoms with Crippen molar-refractivity contribution < 1.29 is 0 Å². The van der Waals surface area contributed by atoms with E-state index in [0.29, 0.717) is 6.04 Å². The number of aromatic nitrogens is 3. The molecule has 1 unspecified atom stereocenters. The van der Waals surface area contributed by atoms with Crippen molar-refractivity contribution in [1.82, 2.24) is 20.1 Å². The predicted molar refractivity (Wildman–Crippen MR) is 71.5 cm³/mol. The summed E-state index contributed by atoms with van der Waals surface area (Å²) in [5.41, 5.74) is 0.0299. The zero-order valence-corrected chi connectivity index (χ0v) is 11.6. The van der Waals surface area contributed by atoms with E-state index >= 15 is 0 Å². The van der Waals surface area contributed by atoms with Crippen molar-refractivity contribution in [1.29, 1.82) is 0 Å². The highest BCUT2D eigenvalue weighted by Crippen LogP contribution is 2.36. The molecule has 1 aliphatic heterocycles. The van der Waals surface area contributed by atoms with Crippen LogP contribution < -0.4 is 5.32 Å². The Hall–Kier alpha value is -0.900. The van der Waals surface area contributed by atoms with Crippen molar-refractivity contribution in [3.05, 3.63) is 11.6 Å². The molecular formula is C14H24N4. The van der Waals surface area contributed by atoms with Gasteiger partial charge in [0, 0.05) is 6.04 Å². The van der Waals surface area contributed by atoms with Gasteiger partial charge in [-0.1, -0.05) is 12.8 Å². The Morgan fingerprint density at radius 3 is 2.61 bits per heavy atom. The normalized spacial score (nSPS) is 29.9. The summed E-state index contributed by atoms with van der Waals surface area (Å²) >= 11 is 0. The Bertz CT molecular complexity index is 411. The van der Waals surface area contributed by atoms with Gasteiger partial charge in [-0.25, -0.2) is 0 Å². The summed E-state index contributed by atoms with van der Waals surface area (Å²) in [5.74, 6) is 2.26. The first kappa shape index (κ1) is 12.2. The van der Waals surface area contributed by atoms with Crippen LogP contribution >= 0.6 is 0 Å². The molecule has 1 N–H and O–H groups in total. The van der Waals surface area contributed by atoms with E-state index in [1.807, 2.05) is 0 Å².